The molecule has 0 saturated carbocycles. The quantitative estimate of drug-likeness (QED) is 0.819. The van der Waals surface area contributed by atoms with Crippen molar-refractivity contribution in [2.45, 2.75) is 13.3 Å². The molecule has 2 rings (SSSR count). The number of aromatic nitrogens is 1. The fourth-order valence-corrected chi connectivity index (χ4v) is 1.69. The maximum atomic E-state index is 10.9. The Hall–Kier alpha value is -2.16. The van der Waals surface area contributed by atoms with Gasteiger partial charge in [0.15, 0.2) is 0 Å². The van der Waals surface area contributed by atoms with Gasteiger partial charge in [-0.05, 0) is 30.2 Å². The standard InChI is InChI=1S/C14H13NO2/c1-2-11(14(16)17)8-10-5-6-12-4-3-7-15-13(12)9-10/h3-9H,2H2,1H3,(H,16,17)/b11-8+. The van der Waals surface area contributed by atoms with Crippen LogP contribution < -0.4 is 0 Å². The number of fused-ring (bicyclic) bond motifs is 1. The Morgan fingerprint density at radius 2 is 2.24 bits per heavy atom. The molecule has 0 fully saturated rings. The van der Waals surface area contributed by atoms with Crippen molar-refractivity contribution in [3.05, 3.63) is 47.7 Å². The molecule has 1 N–H and O–H groups in total. The van der Waals surface area contributed by atoms with Gasteiger partial charge in [0, 0.05) is 17.2 Å². The van der Waals surface area contributed by atoms with Crippen LogP contribution in [0.1, 0.15) is 18.9 Å². The van der Waals surface area contributed by atoms with Gasteiger partial charge in [0.2, 0.25) is 0 Å². The van der Waals surface area contributed by atoms with Crippen molar-refractivity contribution in [2.24, 2.45) is 0 Å². The molecule has 3 nitrogen and oxygen atoms in total. The van der Waals surface area contributed by atoms with E-state index >= 15 is 0 Å². The van der Waals surface area contributed by atoms with E-state index in [1.54, 1.807) is 12.3 Å². The first-order valence-corrected chi connectivity index (χ1v) is 5.49. The molecular formula is C14H13NO2. The molecule has 0 spiro atoms. The summed E-state index contributed by atoms with van der Waals surface area (Å²) < 4.78 is 0. The molecule has 3 heteroatoms. The molecule has 1 aromatic carbocycles. The molecule has 0 bridgehead atoms. The Morgan fingerprint density at radius 3 is 2.94 bits per heavy atom. The number of hydrogen-bond donors (Lipinski definition) is 1. The van der Waals surface area contributed by atoms with Crippen LogP contribution in [0.15, 0.2) is 42.1 Å². The molecule has 86 valence electrons. The predicted octanol–water partition coefficient (Wildman–Crippen LogP) is 3.11. The van der Waals surface area contributed by atoms with Gasteiger partial charge in [-0.2, -0.15) is 0 Å². The second-order valence-electron chi connectivity index (χ2n) is 3.78. The number of carbonyl (C=O) groups is 1. The molecule has 0 saturated heterocycles. The zero-order valence-corrected chi connectivity index (χ0v) is 9.55. The van der Waals surface area contributed by atoms with E-state index in [-0.39, 0.29) is 0 Å². The van der Waals surface area contributed by atoms with Gasteiger partial charge in [0.1, 0.15) is 0 Å². The van der Waals surface area contributed by atoms with Crippen LogP contribution >= 0.6 is 0 Å². The number of carboxylic acid groups (broad SMARTS) is 1. The van der Waals surface area contributed by atoms with Gasteiger partial charge in [-0.15, -0.1) is 0 Å². The third-order valence-electron chi connectivity index (χ3n) is 2.63. The minimum atomic E-state index is -0.867. The average molecular weight is 227 g/mol. The van der Waals surface area contributed by atoms with E-state index in [1.807, 2.05) is 37.3 Å². The lowest BCUT2D eigenvalue weighted by Gasteiger charge is -2.01. The lowest BCUT2D eigenvalue weighted by molar-refractivity contribution is -0.132. The fourth-order valence-electron chi connectivity index (χ4n) is 1.69. The highest BCUT2D eigenvalue weighted by molar-refractivity contribution is 5.93. The first-order chi connectivity index (χ1) is 8.20. The van der Waals surface area contributed by atoms with E-state index < -0.39 is 5.97 Å². The Bertz CT molecular complexity index is 588. The summed E-state index contributed by atoms with van der Waals surface area (Å²) in [6.07, 6.45) is 3.93. The van der Waals surface area contributed by atoms with Crippen LogP contribution in [0.2, 0.25) is 0 Å². The van der Waals surface area contributed by atoms with Gasteiger partial charge < -0.3 is 5.11 Å². The summed E-state index contributed by atoms with van der Waals surface area (Å²) in [6.45, 7) is 1.83. The van der Waals surface area contributed by atoms with Crippen LogP contribution in [-0.2, 0) is 4.79 Å². The zero-order chi connectivity index (χ0) is 12.3. The van der Waals surface area contributed by atoms with Crippen LogP contribution in [-0.4, -0.2) is 16.1 Å². The molecule has 0 aliphatic carbocycles. The topological polar surface area (TPSA) is 50.2 Å². The lowest BCUT2D eigenvalue weighted by Crippen LogP contribution is -1.98. The number of carboxylic acids is 1. The number of pyridine rings is 1. The predicted molar refractivity (Wildman–Crippen MR) is 67.6 cm³/mol. The van der Waals surface area contributed by atoms with Crippen molar-refractivity contribution in [3.8, 4) is 0 Å². The minimum absolute atomic E-state index is 0.403. The minimum Gasteiger partial charge on any atom is -0.478 e. The van der Waals surface area contributed by atoms with Crippen LogP contribution in [0.4, 0.5) is 0 Å². The van der Waals surface area contributed by atoms with Gasteiger partial charge in [0.05, 0.1) is 5.52 Å². The summed E-state index contributed by atoms with van der Waals surface area (Å²) in [5.41, 5.74) is 2.15. The average Bonchev–Trinajstić information content (AvgIpc) is 2.35. The number of benzene rings is 1. The highest BCUT2D eigenvalue weighted by Crippen LogP contribution is 2.16. The molecule has 1 heterocycles. The molecule has 0 amide bonds. The van der Waals surface area contributed by atoms with Crippen molar-refractivity contribution < 1.29 is 9.90 Å². The summed E-state index contributed by atoms with van der Waals surface area (Å²) in [6, 6.07) is 9.61. The number of nitrogens with zero attached hydrogens (tertiary/aromatic N) is 1. The van der Waals surface area contributed by atoms with Crippen LogP contribution in [0.5, 0.6) is 0 Å². The monoisotopic (exact) mass is 227 g/mol. The Labute approximate surface area is 99.4 Å². The van der Waals surface area contributed by atoms with Crippen LogP contribution in [0, 0.1) is 0 Å². The SMILES string of the molecule is CC/C(=C\c1ccc2cccnc2c1)C(=O)O. The summed E-state index contributed by atoms with van der Waals surface area (Å²) >= 11 is 0. The molecule has 0 atom stereocenters. The molecule has 2 aromatic rings. The molecule has 1 aromatic heterocycles. The Morgan fingerprint density at radius 1 is 1.41 bits per heavy atom. The summed E-state index contributed by atoms with van der Waals surface area (Å²) in [7, 11) is 0. The maximum absolute atomic E-state index is 10.9. The van der Waals surface area contributed by atoms with Crippen molar-refractivity contribution in [1.82, 2.24) is 4.98 Å². The molecule has 17 heavy (non-hydrogen) atoms. The molecule has 0 aliphatic rings. The van der Waals surface area contributed by atoms with Gasteiger partial charge in [-0.25, -0.2) is 4.79 Å². The first kappa shape index (κ1) is 11.3. The maximum Gasteiger partial charge on any atom is 0.331 e. The number of hydrogen-bond acceptors (Lipinski definition) is 2. The highest BCUT2D eigenvalue weighted by Gasteiger charge is 2.04. The summed E-state index contributed by atoms with van der Waals surface area (Å²) in [5, 5.41) is 10.0. The summed E-state index contributed by atoms with van der Waals surface area (Å²) in [5.74, 6) is -0.867. The van der Waals surface area contributed by atoms with Crippen molar-refractivity contribution >= 4 is 22.9 Å². The normalized spacial score (nSPS) is 11.7. The molecular weight excluding hydrogens is 214 g/mol. The van der Waals surface area contributed by atoms with Gasteiger partial charge >= 0.3 is 5.97 Å². The third kappa shape index (κ3) is 2.50. The van der Waals surface area contributed by atoms with Gasteiger partial charge in [-0.3, -0.25) is 4.98 Å². The fraction of sp³-hybridized carbons (Fsp3) is 0.143. The van der Waals surface area contributed by atoms with Crippen molar-refractivity contribution in [1.29, 1.82) is 0 Å². The van der Waals surface area contributed by atoms with Crippen LogP contribution in [0.25, 0.3) is 17.0 Å². The first-order valence-electron chi connectivity index (χ1n) is 5.49. The smallest absolute Gasteiger partial charge is 0.331 e. The van der Waals surface area contributed by atoms with E-state index in [2.05, 4.69) is 4.98 Å². The highest BCUT2D eigenvalue weighted by atomic mass is 16.4. The second kappa shape index (κ2) is 4.78. The van der Waals surface area contributed by atoms with Crippen LogP contribution in [0.3, 0.4) is 0 Å². The molecule has 0 unspecified atom stereocenters. The molecule has 0 aliphatic heterocycles. The molecule has 0 radical (unpaired) electrons. The Kier molecular flexibility index (Phi) is 3.19. The Balaban J connectivity index is 2.46. The van der Waals surface area contributed by atoms with E-state index in [0.29, 0.717) is 12.0 Å². The number of aliphatic carboxylic acids is 1. The van der Waals surface area contributed by atoms with Crippen molar-refractivity contribution in [3.63, 3.8) is 0 Å². The lowest BCUT2D eigenvalue weighted by atomic mass is 10.1. The van der Waals surface area contributed by atoms with E-state index in [4.69, 9.17) is 5.11 Å². The van der Waals surface area contributed by atoms with E-state index in [9.17, 15) is 4.79 Å². The summed E-state index contributed by atoms with van der Waals surface area (Å²) in [4.78, 5) is 15.2. The van der Waals surface area contributed by atoms with Gasteiger partial charge in [-0.1, -0.05) is 25.1 Å². The zero-order valence-electron chi connectivity index (χ0n) is 9.55. The van der Waals surface area contributed by atoms with Gasteiger partial charge in [0.25, 0.3) is 0 Å². The van der Waals surface area contributed by atoms with Crippen molar-refractivity contribution in [2.75, 3.05) is 0 Å². The second-order valence-corrected chi connectivity index (χ2v) is 3.78. The van der Waals surface area contributed by atoms with E-state index in [0.717, 1.165) is 16.5 Å². The van der Waals surface area contributed by atoms with E-state index in [1.165, 1.54) is 0 Å². The number of rotatable bonds is 3. The largest absolute Gasteiger partial charge is 0.478 e. The third-order valence-corrected chi connectivity index (χ3v) is 2.63.